The van der Waals surface area contributed by atoms with Crippen molar-refractivity contribution in [3.63, 3.8) is 0 Å². The fourth-order valence-corrected chi connectivity index (χ4v) is 3.08. The molecule has 0 bridgehead atoms. The van der Waals surface area contributed by atoms with Crippen LogP contribution in [0.2, 0.25) is 5.02 Å². The lowest BCUT2D eigenvalue weighted by Gasteiger charge is -2.35. The molecule has 21 heavy (non-hydrogen) atoms. The van der Waals surface area contributed by atoms with Gasteiger partial charge in [0.05, 0.1) is 22.7 Å². The van der Waals surface area contributed by atoms with Crippen LogP contribution in [-0.4, -0.2) is 53.2 Å². The third-order valence-corrected chi connectivity index (χ3v) is 4.20. The molecule has 0 amide bonds. The van der Waals surface area contributed by atoms with Gasteiger partial charge in [-0.2, -0.15) is 0 Å². The van der Waals surface area contributed by atoms with Gasteiger partial charge in [-0.1, -0.05) is 11.6 Å². The first-order valence-corrected chi connectivity index (χ1v) is 7.41. The minimum atomic E-state index is -0.487. The van der Waals surface area contributed by atoms with Gasteiger partial charge in [-0.25, -0.2) is 4.98 Å². The van der Waals surface area contributed by atoms with Crippen LogP contribution < -0.4 is 5.32 Å². The van der Waals surface area contributed by atoms with Crippen LogP contribution in [0.3, 0.4) is 0 Å². The van der Waals surface area contributed by atoms with Crippen LogP contribution in [0.15, 0.2) is 12.3 Å². The number of hydrogen-bond acceptors (Lipinski definition) is 6. The second-order valence-corrected chi connectivity index (χ2v) is 5.84. The molecule has 2 fully saturated rings. The van der Waals surface area contributed by atoms with Crippen molar-refractivity contribution in [2.24, 2.45) is 0 Å². The van der Waals surface area contributed by atoms with E-state index in [1.54, 1.807) is 0 Å². The topological polar surface area (TPSA) is 80.5 Å². The van der Waals surface area contributed by atoms with Crippen LogP contribution in [0.25, 0.3) is 0 Å². The zero-order valence-electron chi connectivity index (χ0n) is 11.5. The summed E-state index contributed by atoms with van der Waals surface area (Å²) in [6.07, 6.45) is 3.84. The van der Waals surface area contributed by atoms with Gasteiger partial charge in [0.2, 0.25) is 5.82 Å². The molecule has 0 radical (unpaired) electrons. The molecule has 1 aromatic rings. The number of nitrogens with zero attached hydrogens (tertiary/aromatic N) is 3. The van der Waals surface area contributed by atoms with E-state index in [0.717, 1.165) is 19.7 Å². The molecule has 0 aromatic carbocycles. The Morgan fingerprint density at radius 3 is 3.29 bits per heavy atom. The van der Waals surface area contributed by atoms with E-state index in [0.29, 0.717) is 12.6 Å². The number of aromatic nitrogens is 1. The summed E-state index contributed by atoms with van der Waals surface area (Å²) in [5.74, 6) is 0.233. The summed E-state index contributed by atoms with van der Waals surface area (Å²) in [6.45, 7) is 3.21. The van der Waals surface area contributed by atoms with Gasteiger partial charge in [0.15, 0.2) is 0 Å². The Morgan fingerprint density at radius 2 is 2.48 bits per heavy atom. The van der Waals surface area contributed by atoms with E-state index in [1.165, 1.54) is 25.1 Å². The first-order valence-electron chi connectivity index (χ1n) is 7.03. The molecule has 2 aliphatic rings. The maximum Gasteiger partial charge on any atom is 0.312 e. The maximum absolute atomic E-state index is 11.0. The van der Waals surface area contributed by atoms with Gasteiger partial charge in [-0.3, -0.25) is 15.0 Å². The standard InChI is InChI=1S/C13H17ClN4O3/c14-9-4-12(18(19)20)13(15-5-9)16-6-11-7-17-3-1-2-10(17)8-21-11/h4-5,10-11H,1-3,6-8H2,(H,15,16). The number of nitrogens with one attached hydrogen (secondary N) is 1. The molecule has 2 aliphatic heterocycles. The van der Waals surface area contributed by atoms with E-state index < -0.39 is 4.92 Å². The van der Waals surface area contributed by atoms with Gasteiger partial charge in [0, 0.05) is 31.4 Å². The smallest absolute Gasteiger partial charge is 0.312 e. The molecular weight excluding hydrogens is 296 g/mol. The zero-order chi connectivity index (χ0) is 14.8. The van der Waals surface area contributed by atoms with Crippen molar-refractivity contribution in [3.05, 3.63) is 27.4 Å². The summed E-state index contributed by atoms with van der Waals surface area (Å²) >= 11 is 5.74. The predicted octanol–water partition coefficient (Wildman–Crippen LogP) is 1.92. The van der Waals surface area contributed by atoms with Gasteiger partial charge < -0.3 is 10.1 Å². The largest absolute Gasteiger partial charge is 0.373 e. The van der Waals surface area contributed by atoms with E-state index in [9.17, 15) is 10.1 Å². The molecule has 114 valence electrons. The Hall–Kier alpha value is -1.44. The average Bonchev–Trinajstić information content (AvgIpc) is 2.93. The fourth-order valence-electron chi connectivity index (χ4n) is 2.92. The molecule has 3 heterocycles. The number of rotatable bonds is 4. The molecule has 2 saturated heterocycles. The highest BCUT2D eigenvalue weighted by Gasteiger charge is 2.32. The Labute approximate surface area is 127 Å². The number of morpholine rings is 1. The van der Waals surface area contributed by atoms with Crippen molar-refractivity contribution >= 4 is 23.1 Å². The van der Waals surface area contributed by atoms with Gasteiger partial charge >= 0.3 is 5.69 Å². The Balaban J connectivity index is 1.61. The molecule has 8 heteroatoms. The lowest BCUT2D eigenvalue weighted by Crippen LogP contribution is -2.48. The van der Waals surface area contributed by atoms with E-state index >= 15 is 0 Å². The average molecular weight is 313 g/mol. The van der Waals surface area contributed by atoms with Crippen molar-refractivity contribution in [2.45, 2.75) is 25.0 Å². The van der Waals surface area contributed by atoms with Crippen LogP contribution in [-0.2, 0) is 4.74 Å². The number of anilines is 1. The van der Waals surface area contributed by atoms with Gasteiger partial charge in [-0.15, -0.1) is 0 Å². The Morgan fingerprint density at radius 1 is 1.62 bits per heavy atom. The second kappa shape index (κ2) is 6.13. The van der Waals surface area contributed by atoms with Crippen LogP contribution in [0, 0.1) is 10.1 Å². The van der Waals surface area contributed by atoms with Crippen LogP contribution in [0.1, 0.15) is 12.8 Å². The molecule has 1 N–H and O–H groups in total. The summed E-state index contributed by atoms with van der Waals surface area (Å²) < 4.78 is 5.81. The van der Waals surface area contributed by atoms with Crippen LogP contribution >= 0.6 is 11.6 Å². The zero-order valence-corrected chi connectivity index (χ0v) is 12.3. The van der Waals surface area contributed by atoms with Crippen molar-refractivity contribution in [1.29, 1.82) is 0 Å². The van der Waals surface area contributed by atoms with E-state index in [-0.39, 0.29) is 22.6 Å². The number of nitro groups is 1. The Bertz CT molecular complexity index is 542. The van der Waals surface area contributed by atoms with Gasteiger partial charge in [0.1, 0.15) is 0 Å². The van der Waals surface area contributed by atoms with Gasteiger partial charge in [0.25, 0.3) is 0 Å². The normalized spacial score (nSPS) is 25.6. The molecule has 0 aliphatic carbocycles. The molecular formula is C13H17ClN4O3. The molecule has 0 saturated carbocycles. The highest BCUT2D eigenvalue weighted by molar-refractivity contribution is 6.30. The predicted molar refractivity (Wildman–Crippen MR) is 78.7 cm³/mol. The third-order valence-electron chi connectivity index (χ3n) is 3.99. The van der Waals surface area contributed by atoms with Crippen molar-refractivity contribution in [2.75, 3.05) is 31.6 Å². The second-order valence-electron chi connectivity index (χ2n) is 5.41. The third kappa shape index (κ3) is 3.25. The number of halogens is 1. The molecule has 2 unspecified atom stereocenters. The van der Waals surface area contributed by atoms with Crippen molar-refractivity contribution in [3.8, 4) is 0 Å². The summed E-state index contributed by atoms with van der Waals surface area (Å²) in [7, 11) is 0. The number of hydrogen-bond donors (Lipinski definition) is 1. The quantitative estimate of drug-likeness (QED) is 0.676. The minimum Gasteiger partial charge on any atom is -0.373 e. The summed E-state index contributed by atoms with van der Waals surface area (Å²) in [5, 5.41) is 14.3. The first kappa shape index (κ1) is 14.5. The minimum absolute atomic E-state index is 0.0245. The first-order chi connectivity index (χ1) is 10.1. The van der Waals surface area contributed by atoms with E-state index in [4.69, 9.17) is 16.3 Å². The maximum atomic E-state index is 11.0. The highest BCUT2D eigenvalue weighted by atomic mass is 35.5. The summed E-state index contributed by atoms with van der Waals surface area (Å²) in [5.41, 5.74) is -0.114. The number of ether oxygens (including phenoxy) is 1. The van der Waals surface area contributed by atoms with Crippen LogP contribution in [0.5, 0.6) is 0 Å². The van der Waals surface area contributed by atoms with E-state index in [1.807, 2.05) is 0 Å². The lowest BCUT2D eigenvalue weighted by molar-refractivity contribution is -0.384. The van der Waals surface area contributed by atoms with Gasteiger partial charge in [-0.05, 0) is 19.4 Å². The summed E-state index contributed by atoms with van der Waals surface area (Å²) in [4.78, 5) is 16.9. The SMILES string of the molecule is O=[N+]([O-])c1cc(Cl)cnc1NCC1CN2CCCC2CO1. The van der Waals surface area contributed by atoms with E-state index in [2.05, 4.69) is 15.2 Å². The van der Waals surface area contributed by atoms with Crippen molar-refractivity contribution in [1.82, 2.24) is 9.88 Å². The molecule has 7 nitrogen and oxygen atoms in total. The lowest BCUT2D eigenvalue weighted by atomic mass is 10.2. The number of pyridine rings is 1. The fraction of sp³-hybridized carbons (Fsp3) is 0.615. The Kier molecular flexibility index (Phi) is 4.23. The molecule has 3 rings (SSSR count). The molecule has 2 atom stereocenters. The molecule has 1 aromatic heterocycles. The van der Waals surface area contributed by atoms with Crippen molar-refractivity contribution < 1.29 is 9.66 Å². The monoisotopic (exact) mass is 312 g/mol. The number of fused-ring (bicyclic) bond motifs is 1. The molecule has 0 spiro atoms. The summed E-state index contributed by atoms with van der Waals surface area (Å²) in [6, 6.07) is 1.85. The highest BCUT2D eigenvalue weighted by Crippen LogP contribution is 2.26. The van der Waals surface area contributed by atoms with Crippen LogP contribution in [0.4, 0.5) is 11.5 Å².